The molecule has 0 saturated carbocycles. The number of rotatable bonds is 5. The molecular formula is C20H26N2O. The molecule has 0 aromatic heterocycles. The van der Waals surface area contributed by atoms with Crippen molar-refractivity contribution in [2.45, 2.75) is 38.8 Å². The first-order chi connectivity index (χ1) is 11.2. The number of para-hydroxylation sites is 1. The fourth-order valence-corrected chi connectivity index (χ4v) is 3.04. The third-order valence-electron chi connectivity index (χ3n) is 4.46. The predicted octanol–water partition coefficient (Wildman–Crippen LogP) is 4.76. The van der Waals surface area contributed by atoms with Gasteiger partial charge in [0.05, 0.1) is 0 Å². The second-order valence-corrected chi connectivity index (χ2v) is 6.49. The summed E-state index contributed by atoms with van der Waals surface area (Å²) in [5, 5.41) is 3.65. The lowest BCUT2D eigenvalue weighted by Crippen LogP contribution is -2.42. The highest BCUT2D eigenvalue weighted by atomic mass is 16.5. The molecule has 0 aliphatic carbocycles. The number of nitrogens with one attached hydrogen (secondary N) is 1. The Morgan fingerprint density at radius 2 is 1.52 bits per heavy atom. The second-order valence-electron chi connectivity index (χ2n) is 6.49. The number of nitrogens with zero attached hydrogens (tertiary/aromatic N) is 1. The zero-order valence-corrected chi connectivity index (χ0v) is 14.0. The Hall–Kier alpha value is -2.00. The van der Waals surface area contributed by atoms with Crippen molar-refractivity contribution in [3.63, 3.8) is 0 Å². The summed E-state index contributed by atoms with van der Waals surface area (Å²) in [6.45, 7) is 6.92. The molecule has 0 unspecified atom stereocenters. The molecule has 3 rings (SSSR count). The molecule has 0 spiro atoms. The van der Waals surface area contributed by atoms with Crippen LogP contribution in [0.2, 0.25) is 0 Å². The third-order valence-corrected chi connectivity index (χ3v) is 4.46. The van der Waals surface area contributed by atoms with Crippen LogP contribution < -0.4 is 10.1 Å². The predicted molar refractivity (Wildman–Crippen MR) is 96.3 cm³/mol. The first kappa shape index (κ1) is 15.9. The average Bonchev–Trinajstić information content (AvgIpc) is 2.58. The van der Waals surface area contributed by atoms with E-state index in [0.29, 0.717) is 12.1 Å². The van der Waals surface area contributed by atoms with Gasteiger partial charge in [-0.3, -0.25) is 0 Å². The highest BCUT2D eigenvalue weighted by Gasteiger charge is 2.20. The maximum atomic E-state index is 5.83. The van der Waals surface area contributed by atoms with Gasteiger partial charge < -0.3 is 15.0 Å². The van der Waals surface area contributed by atoms with Crippen LogP contribution >= 0.6 is 0 Å². The van der Waals surface area contributed by atoms with E-state index in [2.05, 4.69) is 36.2 Å². The van der Waals surface area contributed by atoms with Gasteiger partial charge in [-0.15, -0.1) is 0 Å². The van der Waals surface area contributed by atoms with E-state index in [-0.39, 0.29) is 0 Å². The van der Waals surface area contributed by atoms with Crippen LogP contribution in [0.1, 0.15) is 26.7 Å². The fraction of sp³-hybridized carbons (Fsp3) is 0.400. The van der Waals surface area contributed by atoms with Gasteiger partial charge in [0.15, 0.2) is 0 Å². The topological polar surface area (TPSA) is 24.5 Å². The van der Waals surface area contributed by atoms with E-state index >= 15 is 0 Å². The lowest BCUT2D eigenvalue weighted by molar-refractivity contribution is 0.177. The molecule has 1 N–H and O–H groups in total. The van der Waals surface area contributed by atoms with Crippen LogP contribution in [0, 0.1) is 0 Å². The molecule has 2 aromatic carbocycles. The molecule has 23 heavy (non-hydrogen) atoms. The van der Waals surface area contributed by atoms with Crippen molar-refractivity contribution in [1.82, 2.24) is 4.90 Å². The van der Waals surface area contributed by atoms with E-state index < -0.39 is 0 Å². The van der Waals surface area contributed by atoms with E-state index in [1.54, 1.807) is 0 Å². The second kappa shape index (κ2) is 7.51. The van der Waals surface area contributed by atoms with Crippen LogP contribution in [0.5, 0.6) is 11.5 Å². The van der Waals surface area contributed by atoms with Crippen LogP contribution in [0.25, 0.3) is 0 Å². The summed E-state index contributed by atoms with van der Waals surface area (Å²) in [4.78, 5) is 2.55. The summed E-state index contributed by atoms with van der Waals surface area (Å²) in [5.74, 6) is 1.74. The van der Waals surface area contributed by atoms with Crippen LogP contribution in [-0.4, -0.2) is 30.1 Å². The number of hydrogen-bond donors (Lipinski definition) is 1. The first-order valence-electron chi connectivity index (χ1n) is 8.54. The van der Waals surface area contributed by atoms with Gasteiger partial charge in [0.25, 0.3) is 0 Å². The molecule has 0 bridgehead atoms. The normalized spacial score (nSPS) is 16.5. The molecule has 1 aliphatic heterocycles. The van der Waals surface area contributed by atoms with Crippen molar-refractivity contribution in [2.24, 2.45) is 0 Å². The van der Waals surface area contributed by atoms with Crippen molar-refractivity contribution in [2.75, 3.05) is 18.4 Å². The Bertz CT molecular complexity index is 587. The Balaban J connectivity index is 1.52. The number of piperidine rings is 1. The lowest BCUT2D eigenvalue weighted by Gasteiger charge is -2.35. The van der Waals surface area contributed by atoms with Gasteiger partial charge in [-0.25, -0.2) is 0 Å². The molecule has 2 aromatic rings. The minimum Gasteiger partial charge on any atom is -0.457 e. The van der Waals surface area contributed by atoms with Gasteiger partial charge in [-0.1, -0.05) is 18.2 Å². The van der Waals surface area contributed by atoms with E-state index in [0.717, 1.165) is 11.5 Å². The van der Waals surface area contributed by atoms with Crippen molar-refractivity contribution in [3.05, 3.63) is 54.6 Å². The molecule has 1 aliphatic rings. The van der Waals surface area contributed by atoms with Gasteiger partial charge in [0, 0.05) is 30.9 Å². The van der Waals surface area contributed by atoms with Crippen LogP contribution in [0.4, 0.5) is 5.69 Å². The summed E-state index contributed by atoms with van der Waals surface area (Å²) in [6.07, 6.45) is 2.42. The molecule has 0 atom stereocenters. The molecule has 0 amide bonds. The summed E-state index contributed by atoms with van der Waals surface area (Å²) < 4.78 is 5.83. The van der Waals surface area contributed by atoms with Gasteiger partial charge in [-0.2, -0.15) is 0 Å². The highest BCUT2D eigenvalue weighted by Crippen LogP contribution is 2.24. The standard InChI is InChI=1S/C20H26N2O/c1-16(2)22-14-12-18(13-15-22)21-17-8-10-20(11-9-17)23-19-6-4-3-5-7-19/h3-11,16,18,21H,12-15H2,1-2H3. The van der Waals surface area contributed by atoms with E-state index in [1.807, 2.05) is 42.5 Å². The van der Waals surface area contributed by atoms with Crippen LogP contribution in [-0.2, 0) is 0 Å². The molecule has 0 radical (unpaired) electrons. The molecule has 1 heterocycles. The maximum absolute atomic E-state index is 5.83. The van der Waals surface area contributed by atoms with E-state index in [9.17, 15) is 0 Å². The number of ether oxygens (including phenoxy) is 1. The Morgan fingerprint density at radius 1 is 0.913 bits per heavy atom. The zero-order chi connectivity index (χ0) is 16.1. The smallest absolute Gasteiger partial charge is 0.127 e. The number of likely N-dealkylation sites (tertiary alicyclic amines) is 1. The van der Waals surface area contributed by atoms with E-state index in [1.165, 1.54) is 31.6 Å². The summed E-state index contributed by atoms with van der Waals surface area (Å²) in [7, 11) is 0. The third kappa shape index (κ3) is 4.49. The van der Waals surface area contributed by atoms with Crippen molar-refractivity contribution >= 4 is 5.69 Å². The maximum Gasteiger partial charge on any atom is 0.127 e. The molecule has 1 fully saturated rings. The van der Waals surface area contributed by atoms with Crippen molar-refractivity contribution < 1.29 is 4.74 Å². The molecule has 3 heteroatoms. The minimum atomic E-state index is 0.575. The number of benzene rings is 2. The van der Waals surface area contributed by atoms with Crippen LogP contribution in [0.3, 0.4) is 0 Å². The highest BCUT2D eigenvalue weighted by molar-refractivity contribution is 5.48. The van der Waals surface area contributed by atoms with Crippen molar-refractivity contribution in [3.8, 4) is 11.5 Å². The average molecular weight is 310 g/mol. The molecule has 122 valence electrons. The Kier molecular flexibility index (Phi) is 5.19. The van der Waals surface area contributed by atoms with Gasteiger partial charge in [-0.05, 0) is 63.1 Å². The largest absolute Gasteiger partial charge is 0.457 e. The molecular weight excluding hydrogens is 284 g/mol. The quantitative estimate of drug-likeness (QED) is 0.861. The molecule has 1 saturated heterocycles. The van der Waals surface area contributed by atoms with Gasteiger partial charge >= 0.3 is 0 Å². The zero-order valence-electron chi connectivity index (χ0n) is 14.0. The molecule has 3 nitrogen and oxygen atoms in total. The monoisotopic (exact) mass is 310 g/mol. The Morgan fingerprint density at radius 3 is 2.13 bits per heavy atom. The summed E-state index contributed by atoms with van der Waals surface area (Å²) in [5.41, 5.74) is 1.17. The minimum absolute atomic E-state index is 0.575. The van der Waals surface area contributed by atoms with Gasteiger partial charge in [0.1, 0.15) is 11.5 Å². The van der Waals surface area contributed by atoms with Gasteiger partial charge in [0.2, 0.25) is 0 Å². The summed E-state index contributed by atoms with van der Waals surface area (Å²) in [6, 6.07) is 19.4. The van der Waals surface area contributed by atoms with Crippen molar-refractivity contribution in [1.29, 1.82) is 0 Å². The number of anilines is 1. The summed E-state index contributed by atoms with van der Waals surface area (Å²) >= 11 is 0. The van der Waals surface area contributed by atoms with E-state index in [4.69, 9.17) is 4.74 Å². The first-order valence-corrected chi connectivity index (χ1v) is 8.54. The number of hydrogen-bond acceptors (Lipinski definition) is 3. The Labute approximate surface area is 139 Å². The fourth-order valence-electron chi connectivity index (χ4n) is 3.04. The SMILES string of the molecule is CC(C)N1CCC(Nc2ccc(Oc3ccccc3)cc2)CC1. The van der Waals surface area contributed by atoms with Crippen LogP contribution in [0.15, 0.2) is 54.6 Å². The lowest BCUT2D eigenvalue weighted by atomic mass is 10.0.